The molecule has 1 aliphatic heterocycles. The molecule has 0 spiro atoms. The number of nitro benzene ring substituents is 1. The number of phenolic OH excluding ortho intramolecular Hbond substituents is 1. The highest BCUT2D eigenvalue weighted by Crippen LogP contribution is 2.32. The summed E-state index contributed by atoms with van der Waals surface area (Å²) in [6, 6.07) is 16.0. The van der Waals surface area contributed by atoms with Gasteiger partial charge in [0.15, 0.2) is 11.2 Å². The second-order valence-corrected chi connectivity index (χ2v) is 9.87. The third-order valence-corrected chi connectivity index (χ3v) is 7.35. The summed E-state index contributed by atoms with van der Waals surface area (Å²) in [6.07, 6.45) is 1.59. The van der Waals surface area contributed by atoms with Crippen molar-refractivity contribution in [3.8, 4) is 22.7 Å². The summed E-state index contributed by atoms with van der Waals surface area (Å²) >= 11 is 0. The first-order valence-corrected chi connectivity index (χ1v) is 13.1. The largest absolute Gasteiger partial charge is 0.508 e. The molecule has 3 aromatic carbocycles. The lowest BCUT2D eigenvalue weighted by Crippen LogP contribution is -2.48. The molecule has 0 saturated carbocycles. The number of hydrogen-bond donors (Lipinski definition) is 1. The molecule has 1 amide bonds. The molecule has 15 nitrogen and oxygen atoms in total. The van der Waals surface area contributed by atoms with E-state index in [2.05, 4.69) is 20.6 Å². The lowest BCUT2D eigenvalue weighted by Gasteiger charge is -2.36. The van der Waals surface area contributed by atoms with Crippen LogP contribution in [0.1, 0.15) is 10.4 Å². The van der Waals surface area contributed by atoms with Crippen LogP contribution < -0.4 is 10.5 Å². The zero-order valence-corrected chi connectivity index (χ0v) is 22.2. The molecule has 4 heterocycles. The van der Waals surface area contributed by atoms with Crippen LogP contribution in [-0.2, 0) is 0 Å². The standard InChI is InChI=1S/C28H20N8O7/c37-19-6-5-18-13-23(28(39)42-24(18)14-19)35-15-20(29-32-35)16-1-3-17(4-2-16)27(38)34-11-9-33(10-12-34)21-7-8-22(36(40)41)26-25(21)30-43-31-26/h1-8,13-15,37H,9-12H2. The predicted molar refractivity (Wildman–Crippen MR) is 151 cm³/mol. The first kappa shape index (κ1) is 25.8. The molecule has 7 rings (SSSR count). The highest BCUT2D eigenvalue weighted by atomic mass is 16.6. The summed E-state index contributed by atoms with van der Waals surface area (Å²) in [5.41, 5.74) is 2.36. The fourth-order valence-corrected chi connectivity index (χ4v) is 5.12. The summed E-state index contributed by atoms with van der Waals surface area (Å²) in [7, 11) is 0. The summed E-state index contributed by atoms with van der Waals surface area (Å²) in [5.74, 6) is -0.143. The minimum atomic E-state index is -0.633. The topological polar surface area (TPSA) is 187 Å². The van der Waals surface area contributed by atoms with Crippen molar-refractivity contribution in [2.45, 2.75) is 0 Å². The van der Waals surface area contributed by atoms with Crippen molar-refractivity contribution < 1.29 is 23.9 Å². The third-order valence-electron chi connectivity index (χ3n) is 7.35. The molecule has 214 valence electrons. The van der Waals surface area contributed by atoms with Gasteiger partial charge in [-0.2, -0.15) is 0 Å². The van der Waals surface area contributed by atoms with Crippen molar-refractivity contribution in [1.29, 1.82) is 0 Å². The maximum absolute atomic E-state index is 13.2. The van der Waals surface area contributed by atoms with Crippen LogP contribution in [0.3, 0.4) is 0 Å². The Morgan fingerprint density at radius 1 is 0.930 bits per heavy atom. The quantitative estimate of drug-likeness (QED) is 0.179. The SMILES string of the molecule is O=C(c1ccc(-c2cn(-c3cc4ccc(O)cc4oc3=O)nn2)cc1)N1CCN(c2ccc([N+](=O)[O-])c3nonc23)CC1. The second-order valence-electron chi connectivity index (χ2n) is 9.87. The number of aromatic hydroxyl groups is 1. The minimum Gasteiger partial charge on any atom is -0.508 e. The van der Waals surface area contributed by atoms with E-state index in [-0.39, 0.29) is 34.1 Å². The van der Waals surface area contributed by atoms with Crippen molar-refractivity contribution >= 4 is 39.3 Å². The molecule has 1 fully saturated rings. The Balaban J connectivity index is 1.04. The molecule has 0 aliphatic carbocycles. The van der Waals surface area contributed by atoms with Gasteiger partial charge in [0.2, 0.25) is 5.52 Å². The molecule has 0 atom stereocenters. The number of rotatable bonds is 5. The third kappa shape index (κ3) is 4.57. The smallest absolute Gasteiger partial charge is 0.362 e. The minimum absolute atomic E-state index is 0.00994. The number of carbonyl (C=O) groups excluding carboxylic acids is 1. The molecule has 3 aromatic heterocycles. The van der Waals surface area contributed by atoms with Gasteiger partial charge in [-0.3, -0.25) is 14.9 Å². The number of anilines is 1. The van der Waals surface area contributed by atoms with Crippen molar-refractivity contribution in [1.82, 2.24) is 30.2 Å². The van der Waals surface area contributed by atoms with Crippen LogP contribution in [-0.4, -0.2) is 72.3 Å². The highest BCUT2D eigenvalue weighted by molar-refractivity contribution is 5.96. The number of benzene rings is 3. The fraction of sp³-hybridized carbons (Fsp3) is 0.143. The molecule has 6 aromatic rings. The van der Waals surface area contributed by atoms with Crippen molar-refractivity contribution in [2.75, 3.05) is 31.1 Å². The van der Waals surface area contributed by atoms with E-state index >= 15 is 0 Å². The van der Waals surface area contributed by atoms with E-state index in [0.717, 1.165) is 0 Å². The van der Waals surface area contributed by atoms with Crippen LogP contribution in [0.4, 0.5) is 11.4 Å². The van der Waals surface area contributed by atoms with Crippen LogP contribution in [0, 0.1) is 10.1 Å². The first-order chi connectivity index (χ1) is 20.9. The van der Waals surface area contributed by atoms with Gasteiger partial charge < -0.3 is 19.3 Å². The molecule has 0 unspecified atom stereocenters. The molecule has 15 heteroatoms. The maximum Gasteiger partial charge on any atom is 0.362 e. The van der Waals surface area contributed by atoms with Crippen molar-refractivity contribution in [2.24, 2.45) is 0 Å². The number of hydrogen-bond acceptors (Lipinski definition) is 12. The number of nitro groups is 1. The van der Waals surface area contributed by atoms with Crippen molar-refractivity contribution in [3.05, 3.63) is 93.0 Å². The number of nitrogens with zero attached hydrogens (tertiary/aromatic N) is 8. The van der Waals surface area contributed by atoms with Crippen LogP contribution in [0.15, 0.2) is 80.7 Å². The Kier molecular flexibility index (Phi) is 6.04. The van der Waals surface area contributed by atoms with Gasteiger partial charge in [0.1, 0.15) is 17.0 Å². The predicted octanol–water partition coefficient (Wildman–Crippen LogP) is 3.15. The molecular formula is C28H20N8O7. The average Bonchev–Trinajstić information content (AvgIpc) is 3.71. The summed E-state index contributed by atoms with van der Waals surface area (Å²) in [4.78, 5) is 40.3. The van der Waals surface area contributed by atoms with Gasteiger partial charge in [-0.05, 0) is 46.7 Å². The lowest BCUT2D eigenvalue weighted by molar-refractivity contribution is -0.383. The van der Waals surface area contributed by atoms with Crippen LogP contribution in [0.25, 0.3) is 38.9 Å². The van der Waals surface area contributed by atoms with Crippen LogP contribution >= 0.6 is 0 Å². The van der Waals surface area contributed by atoms with E-state index in [1.807, 2.05) is 4.90 Å². The lowest BCUT2D eigenvalue weighted by atomic mass is 10.1. The Morgan fingerprint density at radius 3 is 2.47 bits per heavy atom. The average molecular weight is 581 g/mol. The van der Waals surface area contributed by atoms with Gasteiger partial charge in [0, 0.05) is 54.8 Å². The Hall–Kier alpha value is -6.12. The number of phenols is 1. The molecule has 43 heavy (non-hydrogen) atoms. The number of amides is 1. The molecule has 1 saturated heterocycles. The number of non-ortho nitro benzene ring substituents is 1. The molecule has 1 N–H and O–H groups in total. The summed E-state index contributed by atoms with van der Waals surface area (Å²) in [6.45, 7) is 1.87. The fourth-order valence-electron chi connectivity index (χ4n) is 5.12. The number of carbonyl (C=O) groups is 1. The number of aromatic nitrogens is 5. The normalized spacial score (nSPS) is 13.6. The molecular weight excluding hydrogens is 560 g/mol. The van der Waals surface area contributed by atoms with Gasteiger partial charge in [-0.15, -0.1) is 5.10 Å². The van der Waals surface area contributed by atoms with Crippen molar-refractivity contribution in [3.63, 3.8) is 0 Å². The second kappa shape index (κ2) is 10.1. The van der Waals surface area contributed by atoms with Gasteiger partial charge in [-0.1, -0.05) is 17.3 Å². The summed E-state index contributed by atoms with van der Waals surface area (Å²) < 4.78 is 11.4. The maximum atomic E-state index is 13.2. The van der Waals surface area contributed by atoms with Crippen LogP contribution in [0.5, 0.6) is 5.75 Å². The molecule has 0 radical (unpaired) electrons. The number of fused-ring (bicyclic) bond motifs is 2. The first-order valence-electron chi connectivity index (χ1n) is 13.1. The van der Waals surface area contributed by atoms with E-state index in [0.29, 0.717) is 59.6 Å². The van der Waals surface area contributed by atoms with E-state index < -0.39 is 10.5 Å². The monoisotopic (exact) mass is 580 g/mol. The summed E-state index contributed by atoms with van der Waals surface area (Å²) in [5, 5.41) is 37.3. The molecule has 0 bridgehead atoms. The van der Waals surface area contributed by atoms with Gasteiger partial charge in [0.05, 0.1) is 16.8 Å². The van der Waals surface area contributed by atoms with Gasteiger partial charge >= 0.3 is 11.3 Å². The Bertz CT molecular complexity index is 2090. The number of piperazine rings is 1. The van der Waals surface area contributed by atoms with Gasteiger partial charge in [0.25, 0.3) is 5.91 Å². The van der Waals surface area contributed by atoms with E-state index in [1.54, 1.807) is 53.6 Å². The zero-order chi connectivity index (χ0) is 29.7. The van der Waals surface area contributed by atoms with E-state index in [9.17, 15) is 24.8 Å². The van der Waals surface area contributed by atoms with Crippen LogP contribution in [0.2, 0.25) is 0 Å². The molecule has 1 aliphatic rings. The van der Waals surface area contributed by atoms with E-state index in [1.165, 1.54) is 22.9 Å². The van der Waals surface area contributed by atoms with E-state index in [4.69, 9.17) is 9.05 Å². The highest BCUT2D eigenvalue weighted by Gasteiger charge is 2.27. The van der Waals surface area contributed by atoms with Gasteiger partial charge in [-0.25, -0.2) is 14.1 Å². The zero-order valence-electron chi connectivity index (χ0n) is 22.2. The Labute approximate surface area is 240 Å². The Morgan fingerprint density at radius 2 is 1.70 bits per heavy atom.